The fourth-order valence-electron chi connectivity index (χ4n) is 1.99. The average Bonchev–Trinajstić information content (AvgIpc) is 2.69. The molecule has 5 heteroatoms. The van der Waals surface area contributed by atoms with Crippen LogP contribution in [0.5, 0.6) is 0 Å². The van der Waals surface area contributed by atoms with E-state index in [9.17, 15) is 4.79 Å². The van der Waals surface area contributed by atoms with E-state index in [0.717, 1.165) is 6.54 Å². The first-order valence-electron chi connectivity index (χ1n) is 6.09. The number of carbonyl (C=O) groups is 1. The Labute approximate surface area is 103 Å². The van der Waals surface area contributed by atoms with E-state index in [4.69, 9.17) is 0 Å². The van der Waals surface area contributed by atoms with E-state index >= 15 is 0 Å². The number of amides is 1. The lowest BCUT2D eigenvalue weighted by Gasteiger charge is -2.25. The van der Waals surface area contributed by atoms with Crippen LogP contribution in [-0.2, 0) is 11.3 Å². The topological polar surface area (TPSA) is 59.8 Å². The van der Waals surface area contributed by atoms with Gasteiger partial charge in [0.05, 0.1) is 0 Å². The summed E-state index contributed by atoms with van der Waals surface area (Å²) in [5, 5.41) is 6.85. The van der Waals surface area contributed by atoms with Crippen molar-refractivity contribution in [3.63, 3.8) is 0 Å². The first-order valence-corrected chi connectivity index (χ1v) is 6.09. The summed E-state index contributed by atoms with van der Waals surface area (Å²) in [7, 11) is 0. The zero-order chi connectivity index (χ0) is 12.8. The third-order valence-corrected chi connectivity index (χ3v) is 3.02. The van der Waals surface area contributed by atoms with Crippen molar-refractivity contribution in [1.82, 2.24) is 20.1 Å². The molecule has 0 fully saturated rings. The number of nitrogens with zero attached hydrogens (tertiary/aromatic N) is 3. The highest BCUT2D eigenvalue weighted by molar-refractivity contribution is 5.75. The lowest BCUT2D eigenvalue weighted by molar-refractivity contribution is -0.122. The zero-order valence-electron chi connectivity index (χ0n) is 11.1. The third-order valence-electron chi connectivity index (χ3n) is 3.02. The Morgan fingerprint density at radius 1 is 1.29 bits per heavy atom. The molecule has 0 aliphatic rings. The first-order chi connectivity index (χ1) is 8.00. The molecule has 0 aliphatic carbocycles. The van der Waals surface area contributed by atoms with Crippen LogP contribution in [0.15, 0.2) is 12.7 Å². The van der Waals surface area contributed by atoms with Crippen LogP contribution in [0.1, 0.15) is 27.7 Å². The van der Waals surface area contributed by atoms with Crippen LogP contribution in [0.3, 0.4) is 0 Å². The smallest absolute Gasteiger partial charge is 0.241 e. The summed E-state index contributed by atoms with van der Waals surface area (Å²) in [6, 6.07) is 0. The molecule has 0 bridgehead atoms. The average molecular weight is 238 g/mol. The normalized spacial score (nSPS) is 11.5. The van der Waals surface area contributed by atoms with Gasteiger partial charge in [-0.05, 0) is 17.8 Å². The Morgan fingerprint density at radius 3 is 2.41 bits per heavy atom. The highest BCUT2D eigenvalue weighted by Gasteiger charge is 2.18. The Bertz CT molecular complexity index is 324. The second-order valence-electron chi connectivity index (χ2n) is 5.05. The summed E-state index contributed by atoms with van der Waals surface area (Å²) < 4.78 is 1.52. The Kier molecular flexibility index (Phi) is 5.12. The Morgan fingerprint density at radius 2 is 1.94 bits per heavy atom. The molecular formula is C12H22N4O. The molecule has 0 radical (unpaired) electrons. The molecular weight excluding hydrogens is 216 g/mol. The van der Waals surface area contributed by atoms with Gasteiger partial charge in [-0.1, -0.05) is 27.7 Å². The number of nitrogens with one attached hydrogen (secondary N) is 1. The minimum Gasteiger partial charge on any atom is -0.354 e. The summed E-state index contributed by atoms with van der Waals surface area (Å²) in [6.45, 7) is 9.72. The quantitative estimate of drug-likeness (QED) is 0.813. The molecule has 1 N–H and O–H groups in total. The molecule has 5 nitrogen and oxygen atoms in total. The van der Waals surface area contributed by atoms with Gasteiger partial charge in [-0.15, -0.1) is 0 Å². The minimum atomic E-state index is -0.0122. The molecule has 0 atom stereocenters. The maximum atomic E-state index is 11.7. The monoisotopic (exact) mass is 238 g/mol. The van der Waals surface area contributed by atoms with Crippen molar-refractivity contribution in [3.05, 3.63) is 12.7 Å². The molecule has 0 aliphatic heterocycles. The van der Waals surface area contributed by atoms with Gasteiger partial charge in [0, 0.05) is 6.54 Å². The lowest BCUT2D eigenvalue weighted by atomic mass is 9.85. The Hall–Kier alpha value is -1.39. The Balaban J connectivity index is 2.36. The summed E-state index contributed by atoms with van der Waals surface area (Å²) in [6.07, 6.45) is 2.97. The van der Waals surface area contributed by atoms with Crippen LogP contribution >= 0.6 is 0 Å². The van der Waals surface area contributed by atoms with E-state index in [0.29, 0.717) is 17.8 Å². The van der Waals surface area contributed by atoms with Crippen LogP contribution in [0.2, 0.25) is 0 Å². The predicted octanol–water partition coefficient (Wildman–Crippen LogP) is 1.32. The fourth-order valence-corrected chi connectivity index (χ4v) is 1.99. The molecule has 1 rings (SSSR count). The van der Waals surface area contributed by atoms with Gasteiger partial charge in [0.1, 0.15) is 19.2 Å². The van der Waals surface area contributed by atoms with E-state index in [1.54, 1.807) is 6.33 Å². The molecule has 1 aromatic rings. The van der Waals surface area contributed by atoms with Crippen LogP contribution in [0, 0.1) is 17.8 Å². The number of carbonyl (C=O) groups excluding carboxylic acids is 1. The number of aromatic nitrogens is 3. The van der Waals surface area contributed by atoms with Gasteiger partial charge in [0.25, 0.3) is 0 Å². The van der Waals surface area contributed by atoms with Gasteiger partial charge in [0.15, 0.2) is 0 Å². The number of hydrogen-bond donors (Lipinski definition) is 1. The molecule has 96 valence electrons. The minimum absolute atomic E-state index is 0.0122. The van der Waals surface area contributed by atoms with Crippen molar-refractivity contribution in [2.45, 2.75) is 34.2 Å². The summed E-state index contributed by atoms with van der Waals surface area (Å²) >= 11 is 0. The fraction of sp³-hybridized carbons (Fsp3) is 0.750. The standard InChI is InChI=1S/C12H22N4O/c1-9(2)11(10(3)4)5-14-12(17)6-16-8-13-7-15-16/h7-11H,5-6H2,1-4H3,(H,14,17). The van der Waals surface area contributed by atoms with E-state index in [1.807, 2.05) is 0 Å². The highest BCUT2D eigenvalue weighted by Crippen LogP contribution is 2.19. The van der Waals surface area contributed by atoms with Crippen LogP contribution in [-0.4, -0.2) is 27.2 Å². The largest absolute Gasteiger partial charge is 0.354 e. The summed E-state index contributed by atoms with van der Waals surface area (Å²) in [5.74, 6) is 1.64. The molecule has 17 heavy (non-hydrogen) atoms. The molecule has 0 saturated heterocycles. The maximum absolute atomic E-state index is 11.7. The van der Waals surface area contributed by atoms with Gasteiger partial charge in [-0.25, -0.2) is 9.67 Å². The van der Waals surface area contributed by atoms with Crippen LogP contribution in [0.25, 0.3) is 0 Å². The van der Waals surface area contributed by atoms with Crippen molar-refractivity contribution in [1.29, 1.82) is 0 Å². The second-order valence-corrected chi connectivity index (χ2v) is 5.05. The van der Waals surface area contributed by atoms with Crippen molar-refractivity contribution < 1.29 is 4.79 Å². The van der Waals surface area contributed by atoms with Crippen LogP contribution < -0.4 is 5.32 Å². The van der Waals surface area contributed by atoms with E-state index in [1.165, 1.54) is 11.0 Å². The van der Waals surface area contributed by atoms with Crippen molar-refractivity contribution in [2.24, 2.45) is 17.8 Å². The second kappa shape index (κ2) is 6.37. The molecule has 1 amide bonds. The maximum Gasteiger partial charge on any atom is 0.241 e. The van der Waals surface area contributed by atoms with Gasteiger partial charge >= 0.3 is 0 Å². The molecule has 0 aromatic carbocycles. The van der Waals surface area contributed by atoms with Crippen molar-refractivity contribution in [2.75, 3.05) is 6.54 Å². The van der Waals surface area contributed by atoms with E-state index in [-0.39, 0.29) is 12.5 Å². The van der Waals surface area contributed by atoms with Gasteiger partial charge in [0.2, 0.25) is 5.91 Å². The molecule has 0 saturated carbocycles. The third kappa shape index (κ3) is 4.54. The summed E-state index contributed by atoms with van der Waals surface area (Å²) in [5.41, 5.74) is 0. The molecule has 0 spiro atoms. The van der Waals surface area contributed by atoms with Crippen molar-refractivity contribution >= 4 is 5.91 Å². The summed E-state index contributed by atoms with van der Waals surface area (Å²) in [4.78, 5) is 15.5. The first kappa shape index (κ1) is 13.7. The number of rotatable bonds is 6. The van der Waals surface area contributed by atoms with Gasteiger partial charge < -0.3 is 5.32 Å². The molecule has 1 heterocycles. The van der Waals surface area contributed by atoms with E-state index in [2.05, 4.69) is 43.1 Å². The van der Waals surface area contributed by atoms with Crippen molar-refractivity contribution in [3.8, 4) is 0 Å². The predicted molar refractivity (Wildman–Crippen MR) is 66.2 cm³/mol. The SMILES string of the molecule is CC(C)C(CNC(=O)Cn1cncn1)C(C)C. The van der Waals surface area contributed by atoms with E-state index < -0.39 is 0 Å². The highest BCUT2D eigenvalue weighted by atomic mass is 16.2. The molecule has 1 aromatic heterocycles. The zero-order valence-corrected chi connectivity index (χ0v) is 11.1. The van der Waals surface area contributed by atoms with Gasteiger partial charge in [-0.2, -0.15) is 5.10 Å². The lowest BCUT2D eigenvalue weighted by Crippen LogP contribution is -2.35. The van der Waals surface area contributed by atoms with Crippen LogP contribution in [0.4, 0.5) is 0 Å². The number of hydrogen-bond acceptors (Lipinski definition) is 3. The molecule has 0 unspecified atom stereocenters. The van der Waals surface area contributed by atoms with Gasteiger partial charge in [-0.3, -0.25) is 4.79 Å².